The fraction of sp³-hybridized carbons (Fsp3) is 0.875. The van der Waals surface area contributed by atoms with Crippen molar-refractivity contribution in [3.63, 3.8) is 0 Å². The van der Waals surface area contributed by atoms with Crippen molar-refractivity contribution in [2.75, 3.05) is 18.9 Å². The van der Waals surface area contributed by atoms with E-state index in [2.05, 4.69) is 17.9 Å². The quantitative estimate of drug-likeness (QED) is 0.636. The monoisotopic (exact) mass is 189 g/mol. The minimum atomic E-state index is -0.00340. The van der Waals surface area contributed by atoms with Gasteiger partial charge in [-0.25, -0.2) is 0 Å². The molecule has 0 spiro atoms. The second kappa shape index (κ2) is 5.43. The minimum Gasteiger partial charge on any atom is -0.378 e. The number of amides is 1. The molecule has 1 atom stereocenters. The molecule has 3 nitrogen and oxygen atoms in total. The summed E-state index contributed by atoms with van der Waals surface area (Å²) in [5.74, 6) is 0.266. The lowest BCUT2D eigenvalue weighted by atomic mass is 10.2. The zero-order valence-electron chi connectivity index (χ0n) is 7.08. The van der Waals surface area contributed by atoms with E-state index < -0.39 is 0 Å². The first-order valence-corrected chi connectivity index (χ1v) is 4.95. The molecule has 12 heavy (non-hydrogen) atoms. The summed E-state index contributed by atoms with van der Waals surface area (Å²) >= 11 is 3.86. The summed E-state index contributed by atoms with van der Waals surface area (Å²) in [7, 11) is 0. The molecule has 0 aromatic rings. The molecule has 0 radical (unpaired) electrons. The average Bonchev–Trinajstić information content (AvgIpc) is 2.57. The summed E-state index contributed by atoms with van der Waals surface area (Å²) in [5, 5.41) is 2.76. The van der Waals surface area contributed by atoms with Crippen molar-refractivity contribution in [3.05, 3.63) is 0 Å². The van der Waals surface area contributed by atoms with E-state index in [4.69, 9.17) is 4.74 Å². The van der Waals surface area contributed by atoms with E-state index in [9.17, 15) is 4.79 Å². The molecule has 0 aliphatic carbocycles. The van der Waals surface area contributed by atoms with Gasteiger partial charge in [0.2, 0.25) is 5.91 Å². The molecule has 1 heterocycles. The normalized spacial score (nSPS) is 22.6. The Bertz CT molecular complexity index is 146. The van der Waals surface area contributed by atoms with Crippen LogP contribution in [-0.2, 0) is 9.53 Å². The Morgan fingerprint density at radius 2 is 2.50 bits per heavy atom. The number of thiol groups is 1. The van der Waals surface area contributed by atoms with Gasteiger partial charge in [0.05, 0.1) is 11.9 Å². The highest BCUT2D eigenvalue weighted by Gasteiger charge is 2.14. The van der Waals surface area contributed by atoms with Crippen molar-refractivity contribution in [3.8, 4) is 0 Å². The first kappa shape index (κ1) is 9.86. The van der Waals surface area contributed by atoms with Crippen LogP contribution in [0.4, 0.5) is 0 Å². The molecule has 0 saturated carbocycles. The van der Waals surface area contributed by atoms with Gasteiger partial charge < -0.3 is 10.1 Å². The highest BCUT2D eigenvalue weighted by molar-refractivity contribution is 7.81. The summed E-state index contributed by atoms with van der Waals surface area (Å²) < 4.78 is 5.40. The SMILES string of the molecule is O=C(CS)NCCC1CCCO1. The molecular weight excluding hydrogens is 174 g/mol. The number of hydrogen-bond acceptors (Lipinski definition) is 3. The Balaban J connectivity index is 1.97. The molecule has 1 N–H and O–H groups in total. The number of ether oxygens (including phenoxy) is 1. The highest BCUT2D eigenvalue weighted by Crippen LogP contribution is 2.14. The maximum Gasteiger partial charge on any atom is 0.229 e. The van der Waals surface area contributed by atoms with Crippen molar-refractivity contribution in [1.82, 2.24) is 5.32 Å². The fourth-order valence-electron chi connectivity index (χ4n) is 1.30. The Labute approximate surface area is 78.3 Å². The molecule has 1 unspecified atom stereocenters. The topological polar surface area (TPSA) is 38.3 Å². The van der Waals surface area contributed by atoms with Crippen LogP contribution in [0.2, 0.25) is 0 Å². The van der Waals surface area contributed by atoms with Gasteiger partial charge in [0.15, 0.2) is 0 Å². The van der Waals surface area contributed by atoms with Crippen LogP contribution in [0, 0.1) is 0 Å². The van der Waals surface area contributed by atoms with Gasteiger partial charge in [0.25, 0.3) is 0 Å². The fourth-order valence-corrected chi connectivity index (χ4v) is 1.41. The van der Waals surface area contributed by atoms with Gasteiger partial charge in [-0.15, -0.1) is 0 Å². The second-order valence-electron chi connectivity index (χ2n) is 2.93. The van der Waals surface area contributed by atoms with Crippen LogP contribution < -0.4 is 5.32 Å². The van der Waals surface area contributed by atoms with Crippen LogP contribution in [0.5, 0.6) is 0 Å². The molecule has 1 aliphatic heterocycles. The van der Waals surface area contributed by atoms with Gasteiger partial charge in [-0.05, 0) is 19.3 Å². The Hall–Kier alpha value is -0.220. The average molecular weight is 189 g/mol. The highest BCUT2D eigenvalue weighted by atomic mass is 32.1. The maximum absolute atomic E-state index is 10.8. The molecular formula is C8H15NO2S. The molecule has 1 rings (SSSR count). The summed E-state index contributed by atoms with van der Waals surface area (Å²) in [6.45, 7) is 1.59. The van der Waals surface area contributed by atoms with E-state index in [1.165, 1.54) is 0 Å². The molecule has 1 saturated heterocycles. The summed E-state index contributed by atoms with van der Waals surface area (Å²) in [4.78, 5) is 10.8. The molecule has 1 aliphatic rings. The lowest BCUT2D eigenvalue weighted by Crippen LogP contribution is -2.27. The third-order valence-corrected chi connectivity index (χ3v) is 2.24. The van der Waals surface area contributed by atoms with Crippen LogP contribution in [0.25, 0.3) is 0 Å². The van der Waals surface area contributed by atoms with Gasteiger partial charge in [-0.2, -0.15) is 12.6 Å². The number of carbonyl (C=O) groups is 1. The Morgan fingerprint density at radius 3 is 3.08 bits per heavy atom. The molecule has 4 heteroatoms. The maximum atomic E-state index is 10.8. The lowest BCUT2D eigenvalue weighted by molar-refractivity contribution is -0.118. The van der Waals surface area contributed by atoms with E-state index in [1.807, 2.05) is 0 Å². The molecule has 0 aromatic carbocycles. The van der Waals surface area contributed by atoms with Gasteiger partial charge >= 0.3 is 0 Å². The number of hydrogen-bond donors (Lipinski definition) is 2. The van der Waals surface area contributed by atoms with Crippen LogP contribution in [0.15, 0.2) is 0 Å². The molecule has 70 valence electrons. The van der Waals surface area contributed by atoms with Gasteiger partial charge in [-0.3, -0.25) is 4.79 Å². The van der Waals surface area contributed by atoms with Crippen LogP contribution in [-0.4, -0.2) is 30.9 Å². The Morgan fingerprint density at radius 1 is 1.67 bits per heavy atom. The zero-order valence-corrected chi connectivity index (χ0v) is 7.98. The van der Waals surface area contributed by atoms with Crippen LogP contribution in [0.3, 0.4) is 0 Å². The summed E-state index contributed by atoms with van der Waals surface area (Å²) in [6, 6.07) is 0. The molecule has 0 aromatic heterocycles. The third kappa shape index (κ3) is 3.45. The van der Waals surface area contributed by atoms with Gasteiger partial charge in [0, 0.05) is 13.2 Å². The number of nitrogens with one attached hydrogen (secondary N) is 1. The molecule has 1 fully saturated rings. The zero-order chi connectivity index (χ0) is 8.81. The van der Waals surface area contributed by atoms with E-state index >= 15 is 0 Å². The van der Waals surface area contributed by atoms with Gasteiger partial charge in [-0.1, -0.05) is 0 Å². The third-order valence-electron chi connectivity index (χ3n) is 1.96. The summed E-state index contributed by atoms with van der Waals surface area (Å²) in [5.41, 5.74) is 0. The number of rotatable bonds is 4. The van der Waals surface area contributed by atoms with Crippen molar-refractivity contribution in [2.24, 2.45) is 0 Å². The molecule has 0 bridgehead atoms. The standard InChI is InChI=1S/C8H15NO2S/c10-8(6-12)9-4-3-7-2-1-5-11-7/h7,12H,1-6H2,(H,9,10). The van der Waals surface area contributed by atoms with Gasteiger partial charge in [0.1, 0.15) is 0 Å². The van der Waals surface area contributed by atoms with E-state index in [-0.39, 0.29) is 11.7 Å². The first-order valence-electron chi connectivity index (χ1n) is 4.32. The van der Waals surface area contributed by atoms with Crippen molar-refractivity contribution < 1.29 is 9.53 Å². The second-order valence-corrected chi connectivity index (χ2v) is 3.25. The first-order chi connectivity index (χ1) is 5.83. The minimum absolute atomic E-state index is 0.00340. The molecule has 1 amide bonds. The lowest BCUT2D eigenvalue weighted by Gasteiger charge is -2.08. The van der Waals surface area contributed by atoms with Crippen LogP contribution >= 0.6 is 12.6 Å². The van der Waals surface area contributed by atoms with Crippen molar-refractivity contribution in [2.45, 2.75) is 25.4 Å². The predicted octanol–water partition coefficient (Wildman–Crippen LogP) is 0.601. The predicted molar refractivity (Wildman–Crippen MR) is 50.5 cm³/mol. The van der Waals surface area contributed by atoms with E-state index in [0.29, 0.717) is 12.6 Å². The van der Waals surface area contributed by atoms with Crippen molar-refractivity contribution in [1.29, 1.82) is 0 Å². The van der Waals surface area contributed by atoms with Crippen molar-refractivity contribution >= 4 is 18.5 Å². The van der Waals surface area contributed by atoms with E-state index in [1.54, 1.807) is 0 Å². The Kier molecular flexibility index (Phi) is 4.46. The largest absolute Gasteiger partial charge is 0.378 e. The van der Waals surface area contributed by atoms with Crippen LogP contribution in [0.1, 0.15) is 19.3 Å². The summed E-state index contributed by atoms with van der Waals surface area (Å²) in [6.07, 6.45) is 3.59. The smallest absolute Gasteiger partial charge is 0.229 e. The number of carbonyl (C=O) groups excluding carboxylic acids is 1. The van der Waals surface area contributed by atoms with E-state index in [0.717, 1.165) is 25.9 Å².